The van der Waals surface area contributed by atoms with Crippen LogP contribution in [0.3, 0.4) is 0 Å². The normalized spacial score (nSPS) is 10.6. The molecule has 4 nitrogen and oxygen atoms in total. The van der Waals surface area contributed by atoms with E-state index in [1.54, 1.807) is 14.2 Å². The van der Waals surface area contributed by atoms with Gasteiger partial charge in [-0.3, -0.25) is 0 Å². The van der Waals surface area contributed by atoms with Gasteiger partial charge >= 0.3 is 0 Å². The molecule has 0 saturated heterocycles. The van der Waals surface area contributed by atoms with E-state index >= 15 is 0 Å². The molecule has 2 heterocycles. The Morgan fingerprint density at radius 3 is 0.817 bits per heavy atom. The third-order valence-corrected chi connectivity index (χ3v) is 11.0. The second-order valence-electron chi connectivity index (χ2n) is 14.7. The van der Waals surface area contributed by atoms with Gasteiger partial charge in [-0.2, -0.15) is 9.13 Å². The topological polar surface area (TPSA) is 26.2 Å². The molecule has 6 heteroatoms. The summed E-state index contributed by atoms with van der Waals surface area (Å²) in [6.07, 6.45) is 4.40. The van der Waals surface area contributed by atoms with Crippen molar-refractivity contribution in [3.63, 3.8) is 0 Å². The van der Waals surface area contributed by atoms with Crippen molar-refractivity contribution in [2.45, 2.75) is 38.8 Å². The molecule has 0 atom stereocenters. The van der Waals surface area contributed by atoms with E-state index < -0.39 is 0 Å². The SMILES string of the molecule is COc1ccc(-c2cc(-c3ccccc3)[n+](CCCCCC[n+]3c(-c4ccccc4)cc(-c4ccc(OC)cc4)cc3-c3ccccc3)c(-c3ccccc3)c2)cc1.[I-].[I-]. The summed E-state index contributed by atoms with van der Waals surface area (Å²) in [7, 11) is 3.43. The van der Waals surface area contributed by atoms with E-state index in [4.69, 9.17) is 9.47 Å². The van der Waals surface area contributed by atoms with Crippen molar-refractivity contribution in [1.29, 1.82) is 0 Å². The Labute approximate surface area is 389 Å². The summed E-state index contributed by atoms with van der Waals surface area (Å²) in [5.41, 5.74) is 14.5. The monoisotopic (exact) mass is 1010 g/mol. The zero-order valence-corrected chi connectivity index (χ0v) is 38.5. The number of rotatable bonds is 15. The maximum Gasteiger partial charge on any atom is 0.213 e. The lowest BCUT2D eigenvalue weighted by atomic mass is 9.98. The molecule has 0 radical (unpaired) electrons. The molecule has 0 aliphatic heterocycles. The number of halogens is 2. The van der Waals surface area contributed by atoms with E-state index in [0.29, 0.717) is 0 Å². The fourth-order valence-corrected chi connectivity index (χ4v) is 7.91. The van der Waals surface area contributed by atoms with Gasteiger partial charge in [0.2, 0.25) is 22.8 Å². The third-order valence-electron chi connectivity index (χ3n) is 11.0. The molecule has 8 rings (SSSR count). The maximum atomic E-state index is 5.48. The van der Waals surface area contributed by atoms with Crippen LogP contribution in [0.25, 0.3) is 67.3 Å². The van der Waals surface area contributed by atoms with Crippen molar-refractivity contribution in [3.05, 3.63) is 194 Å². The van der Waals surface area contributed by atoms with Crippen LogP contribution in [-0.4, -0.2) is 14.2 Å². The Morgan fingerprint density at radius 1 is 0.300 bits per heavy atom. The molecular weight excluding hydrogens is 962 g/mol. The second-order valence-corrected chi connectivity index (χ2v) is 14.7. The molecule has 0 spiro atoms. The number of aromatic nitrogens is 2. The van der Waals surface area contributed by atoms with Crippen molar-refractivity contribution in [2.24, 2.45) is 0 Å². The minimum Gasteiger partial charge on any atom is -1.00 e. The van der Waals surface area contributed by atoms with Gasteiger partial charge in [0, 0.05) is 59.4 Å². The van der Waals surface area contributed by atoms with Crippen LogP contribution in [0, 0.1) is 0 Å². The number of methoxy groups -OCH3 is 2. The number of benzene rings is 6. The van der Waals surface area contributed by atoms with Crippen molar-refractivity contribution in [2.75, 3.05) is 14.2 Å². The highest BCUT2D eigenvalue weighted by Crippen LogP contribution is 2.32. The van der Waals surface area contributed by atoms with Crippen LogP contribution in [0.1, 0.15) is 25.7 Å². The summed E-state index contributed by atoms with van der Waals surface area (Å²) in [5, 5.41) is 0. The summed E-state index contributed by atoms with van der Waals surface area (Å²) in [4.78, 5) is 0. The third kappa shape index (κ3) is 10.5. The molecule has 6 aromatic carbocycles. The Morgan fingerprint density at radius 2 is 0.567 bits per heavy atom. The van der Waals surface area contributed by atoms with Crippen molar-refractivity contribution in [3.8, 4) is 78.8 Å². The average Bonchev–Trinajstić information content (AvgIpc) is 3.31. The average molecular weight is 1010 g/mol. The minimum absolute atomic E-state index is 0. The number of pyridine rings is 2. The summed E-state index contributed by atoms with van der Waals surface area (Å²) < 4.78 is 16.0. The predicted octanol–water partition coefficient (Wildman–Crippen LogP) is 6.55. The van der Waals surface area contributed by atoms with E-state index in [1.165, 1.54) is 67.3 Å². The van der Waals surface area contributed by atoms with Crippen LogP contribution in [0.5, 0.6) is 11.5 Å². The quantitative estimate of drug-likeness (QED) is 0.0663. The number of ether oxygens (including phenoxy) is 2. The summed E-state index contributed by atoms with van der Waals surface area (Å²) >= 11 is 0. The van der Waals surface area contributed by atoms with Crippen molar-refractivity contribution >= 4 is 0 Å². The van der Waals surface area contributed by atoms with Gasteiger partial charge in [0.1, 0.15) is 24.6 Å². The molecule has 0 bridgehead atoms. The van der Waals surface area contributed by atoms with E-state index in [2.05, 4.69) is 179 Å². The highest BCUT2D eigenvalue weighted by atomic mass is 127. The Hall–Kier alpha value is -5.32. The van der Waals surface area contributed by atoms with E-state index in [9.17, 15) is 0 Å². The Kier molecular flexibility index (Phi) is 16.1. The van der Waals surface area contributed by atoms with Crippen molar-refractivity contribution < 1.29 is 66.6 Å². The first-order chi connectivity index (χ1) is 28.7. The number of nitrogens with zero attached hydrogens (tertiary/aromatic N) is 2. The zero-order chi connectivity index (χ0) is 39.5. The van der Waals surface area contributed by atoms with Crippen LogP contribution in [0.2, 0.25) is 0 Å². The number of hydrogen-bond donors (Lipinski definition) is 0. The number of unbranched alkanes of at least 4 members (excludes halogenated alkanes) is 3. The van der Waals surface area contributed by atoms with Gasteiger partial charge in [-0.15, -0.1) is 0 Å². The van der Waals surface area contributed by atoms with Crippen LogP contribution in [0.15, 0.2) is 194 Å². The van der Waals surface area contributed by atoms with Gasteiger partial charge in [-0.1, -0.05) is 97.1 Å². The lowest BCUT2D eigenvalue weighted by Crippen LogP contribution is -3.00. The fraction of sp³-hybridized carbons (Fsp3) is 0.148. The van der Waals surface area contributed by atoms with Crippen LogP contribution < -0.4 is 66.6 Å². The molecule has 0 N–H and O–H groups in total. The van der Waals surface area contributed by atoms with Gasteiger partial charge in [-0.25, -0.2) is 0 Å². The van der Waals surface area contributed by atoms with Gasteiger partial charge in [-0.05, 0) is 108 Å². The molecule has 60 heavy (non-hydrogen) atoms. The van der Waals surface area contributed by atoms with Gasteiger partial charge in [0.15, 0.2) is 0 Å². The fourth-order valence-electron chi connectivity index (χ4n) is 7.91. The van der Waals surface area contributed by atoms with Gasteiger partial charge in [0.05, 0.1) is 14.2 Å². The molecule has 8 aromatic rings. The highest BCUT2D eigenvalue weighted by Gasteiger charge is 2.24. The molecule has 0 saturated carbocycles. The van der Waals surface area contributed by atoms with Crippen LogP contribution in [0.4, 0.5) is 0 Å². The summed E-state index contributed by atoms with van der Waals surface area (Å²) in [6.45, 7) is 1.84. The van der Waals surface area contributed by atoms with E-state index in [-0.39, 0.29) is 48.0 Å². The zero-order valence-electron chi connectivity index (χ0n) is 34.2. The van der Waals surface area contributed by atoms with E-state index in [0.717, 1.165) is 50.3 Å². The first-order valence-corrected chi connectivity index (χ1v) is 20.3. The first kappa shape index (κ1) is 44.2. The molecule has 2 aromatic heterocycles. The first-order valence-electron chi connectivity index (χ1n) is 20.3. The summed E-state index contributed by atoms with van der Waals surface area (Å²) in [6, 6.07) is 69.5. The van der Waals surface area contributed by atoms with Crippen LogP contribution in [-0.2, 0) is 13.1 Å². The highest BCUT2D eigenvalue weighted by molar-refractivity contribution is 5.75. The van der Waals surface area contributed by atoms with E-state index in [1.807, 2.05) is 24.3 Å². The summed E-state index contributed by atoms with van der Waals surface area (Å²) in [5.74, 6) is 1.72. The smallest absolute Gasteiger partial charge is 0.213 e. The molecule has 0 aliphatic carbocycles. The largest absolute Gasteiger partial charge is 1.00 e. The number of hydrogen-bond acceptors (Lipinski definition) is 2. The molecule has 0 aliphatic rings. The van der Waals surface area contributed by atoms with Gasteiger partial charge < -0.3 is 57.4 Å². The van der Waals surface area contributed by atoms with Gasteiger partial charge in [0.25, 0.3) is 0 Å². The standard InChI is InChI=1S/C54H50N2O2.2HI/c1-57-49-31-27-41(28-32-49)47-37-51(43-19-9-5-10-20-43)55(52(38-47)44-21-11-6-12-22-44)35-17-3-4-18-36-56-53(45-23-13-7-14-24-45)39-48(42-29-33-50(58-2)34-30-42)40-54(56)46-25-15-8-16-26-46;;/h5-16,19-34,37-40H,3-4,17-18,35-36H2,1-2H3;2*1H/q+2;;/p-2. The Balaban J connectivity index is 0.00000302. The Bertz CT molecular complexity index is 2250. The lowest BCUT2D eigenvalue weighted by molar-refractivity contribution is -0.677. The minimum atomic E-state index is 0. The molecule has 0 amide bonds. The molecule has 302 valence electrons. The van der Waals surface area contributed by atoms with Crippen molar-refractivity contribution in [1.82, 2.24) is 0 Å². The predicted molar refractivity (Wildman–Crippen MR) is 237 cm³/mol. The maximum absolute atomic E-state index is 5.48. The molecule has 0 unspecified atom stereocenters. The second kappa shape index (κ2) is 21.8. The lowest BCUT2D eigenvalue weighted by Gasteiger charge is -2.14. The van der Waals surface area contributed by atoms with Crippen LogP contribution >= 0.6 is 0 Å². The molecular formula is C54H50I2N2O2. The molecule has 0 fully saturated rings.